The number of amides is 1. The Bertz CT molecular complexity index is 912. The van der Waals surface area contributed by atoms with Crippen molar-refractivity contribution in [3.8, 4) is 0 Å². The van der Waals surface area contributed by atoms with E-state index in [1.807, 2.05) is 0 Å². The van der Waals surface area contributed by atoms with E-state index in [1.165, 1.54) is 19.2 Å². The number of aromatic nitrogens is 3. The SMILES string of the molecule is Cn1nc(C(=O)Nc2nc3cc(F)c(F)cc3s2)ccc1=O. The summed E-state index contributed by atoms with van der Waals surface area (Å²) in [6, 6.07) is 4.47. The third kappa shape index (κ3) is 2.58. The van der Waals surface area contributed by atoms with E-state index < -0.39 is 17.5 Å². The van der Waals surface area contributed by atoms with E-state index in [-0.39, 0.29) is 21.9 Å². The van der Waals surface area contributed by atoms with E-state index in [9.17, 15) is 18.4 Å². The minimum atomic E-state index is -1.00. The van der Waals surface area contributed by atoms with Crippen LogP contribution in [0, 0.1) is 11.6 Å². The second-order valence-corrected chi connectivity index (χ2v) is 5.42. The fraction of sp³-hybridized carbons (Fsp3) is 0.0769. The van der Waals surface area contributed by atoms with Gasteiger partial charge in [0.15, 0.2) is 16.8 Å². The molecule has 2 heterocycles. The smallest absolute Gasteiger partial charge is 0.277 e. The van der Waals surface area contributed by atoms with Crippen molar-refractivity contribution < 1.29 is 13.6 Å². The van der Waals surface area contributed by atoms with Crippen LogP contribution >= 0.6 is 11.3 Å². The predicted molar refractivity (Wildman–Crippen MR) is 77.0 cm³/mol. The van der Waals surface area contributed by atoms with Crippen molar-refractivity contribution in [1.29, 1.82) is 0 Å². The van der Waals surface area contributed by atoms with Crippen molar-refractivity contribution in [1.82, 2.24) is 14.8 Å². The number of thiazole rings is 1. The minimum absolute atomic E-state index is 0.0266. The molecule has 1 N–H and O–H groups in total. The summed E-state index contributed by atoms with van der Waals surface area (Å²) in [5, 5.41) is 6.46. The fourth-order valence-corrected chi connectivity index (χ4v) is 2.63. The molecule has 0 saturated heterocycles. The van der Waals surface area contributed by atoms with Gasteiger partial charge in [0.25, 0.3) is 11.5 Å². The highest BCUT2D eigenvalue weighted by Crippen LogP contribution is 2.27. The molecule has 112 valence electrons. The van der Waals surface area contributed by atoms with Gasteiger partial charge in [-0.2, -0.15) is 5.10 Å². The second kappa shape index (κ2) is 5.26. The van der Waals surface area contributed by atoms with Crippen LogP contribution in [-0.2, 0) is 7.05 Å². The molecule has 0 atom stereocenters. The van der Waals surface area contributed by atoms with Crippen LogP contribution in [0.2, 0.25) is 0 Å². The first-order valence-electron chi connectivity index (χ1n) is 6.05. The molecule has 1 aromatic carbocycles. The molecular weight excluding hydrogens is 314 g/mol. The molecule has 6 nitrogen and oxygen atoms in total. The molecule has 1 amide bonds. The molecule has 0 fully saturated rings. The van der Waals surface area contributed by atoms with Crippen molar-refractivity contribution in [3.63, 3.8) is 0 Å². The minimum Gasteiger partial charge on any atom is -0.296 e. The monoisotopic (exact) mass is 322 g/mol. The standard InChI is InChI=1S/C13H8F2N4O2S/c1-19-11(20)3-2-8(18-19)12(21)17-13-16-9-4-6(14)7(15)5-10(9)22-13/h2-5H,1H3,(H,16,17,21). The zero-order valence-corrected chi connectivity index (χ0v) is 11.9. The van der Waals surface area contributed by atoms with Crippen molar-refractivity contribution in [2.45, 2.75) is 0 Å². The van der Waals surface area contributed by atoms with Gasteiger partial charge >= 0.3 is 0 Å². The average molecular weight is 322 g/mol. The quantitative estimate of drug-likeness (QED) is 0.782. The van der Waals surface area contributed by atoms with E-state index in [4.69, 9.17) is 0 Å². The lowest BCUT2D eigenvalue weighted by atomic mass is 10.3. The van der Waals surface area contributed by atoms with Gasteiger partial charge in [0, 0.05) is 19.2 Å². The Hall–Kier alpha value is -2.68. The van der Waals surface area contributed by atoms with E-state index >= 15 is 0 Å². The van der Waals surface area contributed by atoms with E-state index in [0.717, 1.165) is 28.2 Å². The van der Waals surface area contributed by atoms with Crippen LogP contribution in [0.4, 0.5) is 13.9 Å². The topological polar surface area (TPSA) is 76.9 Å². The zero-order chi connectivity index (χ0) is 15.9. The van der Waals surface area contributed by atoms with Crippen LogP contribution in [-0.4, -0.2) is 20.7 Å². The third-order valence-corrected chi connectivity index (χ3v) is 3.78. The molecule has 3 rings (SSSR count). The molecule has 0 bridgehead atoms. The normalized spacial score (nSPS) is 10.9. The number of carbonyl (C=O) groups excluding carboxylic acids is 1. The lowest BCUT2D eigenvalue weighted by molar-refractivity contribution is 0.102. The lowest BCUT2D eigenvalue weighted by Crippen LogP contribution is -2.23. The number of halogens is 2. The summed E-state index contributed by atoms with van der Waals surface area (Å²) < 4.78 is 27.7. The highest BCUT2D eigenvalue weighted by Gasteiger charge is 2.14. The summed E-state index contributed by atoms with van der Waals surface area (Å²) in [6.45, 7) is 0. The molecule has 0 radical (unpaired) electrons. The largest absolute Gasteiger partial charge is 0.296 e. The average Bonchev–Trinajstić information content (AvgIpc) is 2.83. The maximum atomic E-state index is 13.1. The molecule has 0 saturated carbocycles. The number of rotatable bonds is 2. The van der Waals surface area contributed by atoms with Crippen molar-refractivity contribution in [2.75, 3.05) is 5.32 Å². The maximum absolute atomic E-state index is 13.1. The van der Waals surface area contributed by atoms with Crippen LogP contribution in [0.25, 0.3) is 10.2 Å². The molecule has 9 heteroatoms. The Morgan fingerprint density at radius 1 is 1.27 bits per heavy atom. The number of benzene rings is 1. The number of fused-ring (bicyclic) bond motifs is 1. The molecule has 2 aromatic heterocycles. The van der Waals surface area contributed by atoms with E-state index in [0.29, 0.717) is 4.70 Å². The van der Waals surface area contributed by atoms with Gasteiger partial charge in [-0.15, -0.1) is 0 Å². The van der Waals surface area contributed by atoms with Crippen LogP contribution in [0.15, 0.2) is 29.1 Å². The van der Waals surface area contributed by atoms with Crippen molar-refractivity contribution in [2.24, 2.45) is 7.05 Å². The molecule has 0 aliphatic rings. The number of hydrogen-bond donors (Lipinski definition) is 1. The number of nitrogens with zero attached hydrogens (tertiary/aromatic N) is 3. The van der Waals surface area contributed by atoms with Gasteiger partial charge in [-0.25, -0.2) is 18.4 Å². The summed E-state index contributed by atoms with van der Waals surface area (Å²) in [5.74, 6) is -2.56. The Kier molecular flexibility index (Phi) is 3.41. The first-order valence-corrected chi connectivity index (χ1v) is 6.87. The molecular formula is C13H8F2N4O2S. The number of hydrogen-bond acceptors (Lipinski definition) is 5. The summed E-state index contributed by atoms with van der Waals surface area (Å²) >= 11 is 1.00. The van der Waals surface area contributed by atoms with Crippen molar-refractivity contribution in [3.05, 3.63) is 51.9 Å². The van der Waals surface area contributed by atoms with E-state index in [1.54, 1.807) is 0 Å². The first kappa shape index (κ1) is 14.3. The van der Waals surface area contributed by atoms with Crippen LogP contribution in [0.5, 0.6) is 0 Å². The first-order chi connectivity index (χ1) is 10.4. The van der Waals surface area contributed by atoms with E-state index in [2.05, 4.69) is 15.4 Å². The molecule has 22 heavy (non-hydrogen) atoms. The summed E-state index contributed by atoms with van der Waals surface area (Å²) in [6.07, 6.45) is 0. The number of anilines is 1. The van der Waals surface area contributed by atoms with Crippen LogP contribution in [0.3, 0.4) is 0 Å². The Balaban J connectivity index is 1.90. The van der Waals surface area contributed by atoms with Crippen LogP contribution in [0.1, 0.15) is 10.5 Å². The van der Waals surface area contributed by atoms with Gasteiger partial charge in [0.2, 0.25) is 0 Å². The van der Waals surface area contributed by atoms with Gasteiger partial charge in [-0.1, -0.05) is 11.3 Å². The maximum Gasteiger partial charge on any atom is 0.277 e. The Labute approximate surface area is 126 Å². The summed E-state index contributed by atoms with van der Waals surface area (Å²) in [5.41, 5.74) is -0.0752. The van der Waals surface area contributed by atoms with Gasteiger partial charge in [-0.05, 0) is 12.1 Å². The summed E-state index contributed by atoms with van der Waals surface area (Å²) in [4.78, 5) is 27.2. The molecule has 0 aliphatic carbocycles. The Morgan fingerprint density at radius 2 is 2.00 bits per heavy atom. The molecule has 0 unspecified atom stereocenters. The highest BCUT2D eigenvalue weighted by molar-refractivity contribution is 7.22. The van der Waals surface area contributed by atoms with Gasteiger partial charge in [-0.3, -0.25) is 14.9 Å². The third-order valence-electron chi connectivity index (χ3n) is 2.84. The van der Waals surface area contributed by atoms with Gasteiger partial charge in [0.1, 0.15) is 5.69 Å². The van der Waals surface area contributed by atoms with Gasteiger partial charge in [0.05, 0.1) is 10.2 Å². The number of nitrogens with one attached hydrogen (secondary N) is 1. The number of aryl methyl sites for hydroxylation is 1. The molecule has 3 aromatic rings. The zero-order valence-electron chi connectivity index (χ0n) is 11.1. The summed E-state index contributed by atoms with van der Waals surface area (Å²) in [7, 11) is 1.42. The Morgan fingerprint density at radius 3 is 2.73 bits per heavy atom. The molecule has 0 spiro atoms. The predicted octanol–water partition coefficient (Wildman–Crippen LogP) is 1.92. The van der Waals surface area contributed by atoms with Crippen LogP contribution < -0.4 is 10.9 Å². The fourth-order valence-electron chi connectivity index (χ4n) is 1.76. The lowest BCUT2D eigenvalue weighted by Gasteiger charge is -2.01. The number of carbonyl (C=O) groups is 1. The highest BCUT2D eigenvalue weighted by atomic mass is 32.1. The van der Waals surface area contributed by atoms with Crippen molar-refractivity contribution >= 4 is 32.6 Å². The second-order valence-electron chi connectivity index (χ2n) is 4.39. The van der Waals surface area contributed by atoms with Gasteiger partial charge < -0.3 is 0 Å². The molecule has 0 aliphatic heterocycles.